The SMILES string of the molecule is Nc1ccc(-c2nc(-c3ccccc3)c3c(ccc4ccccc43)n2)cc1. The zero-order chi connectivity index (χ0) is 18.2. The Kier molecular flexibility index (Phi) is 3.58. The summed E-state index contributed by atoms with van der Waals surface area (Å²) >= 11 is 0. The Morgan fingerprint density at radius 1 is 0.593 bits per heavy atom. The van der Waals surface area contributed by atoms with Gasteiger partial charge in [0, 0.05) is 22.2 Å². The van der Waals surface area contributed by atoms with E-state index in [0.29, 0.717) is 5.82 Å². The second-order valence-electron chi connectivity index (χ2n) is 6.56. The van der Waals surface area contributed by atoms with Crippen LogP contribution in [0.5, 0.6) is 0 Å². The highest BCUT2D eigenvalue weighted by molar-refractivity contribution is 6.12. The molecule has 1 heterocycles. The molecule has 0 aliphatic heterocycles. The average molecular weight is 347 g/mol. The fraction of sp³-hybridized carbons (Fsp3) is 0. The van der Waals surface area contributed by atoms with Crippen LogP contribution in [-0.4, -0.2) is 9.97 Å². The van der Waals surface area contributed by atoms with E-state index in [9.17, 15) is 0 Å². The molecule has 0 unspecified atom stereocenters. The number of anilines is 1. The number of nitrogen functional groups attached to an aromatic ring is 1. The van der Waals surface area contributed by atoms with Crippen LogP contribution in [0.1, 0.15) is 0 Å². The molecule has 3 nitrogen and oxygen atoms in total. The summed E-state index contributed by atoms with van der Waals surface area (Å²) < 4.78 is 0. The van der Waals surface area contributed by atoms with Crippen molar-refractivity contribution in [1.29, 1.82) is 0 Å². The van der Waals surface area contributed by atoms with Crippen molar-refractivity contribution >= 4 is 27.4 Å². The summed E-state index contributed by atoms with van der Waals surface area (Å²) in [5.74, 6) is 0.705. The molecule has 0 atom stereocenters. The highest BCUT2D eigenvalue weighted by Gasteiger charge is 2.13. The number of hydrogen-bond acceptors (Lipinski definition) is 3. The van der Waals surface area contributed by atoms with E-state index in [2.05, 4.69) is 48.5 Å². The largest absolute Gasteiger partial charge is 0.399 e. The van der Waals surface area contributed by atoms with Crippen molar-refractivity contribution in [2.24, 2.45) is 0 Å². The third kappa shape index (κ3) is 2.70. The quantitative estimate of drug-likeness (QED) is 0.329. The van der Waals surface area contributed by atoms with Crippen LogP contribution in [0.25, 0.3) is 44.3 Å². The molecule has 4 aromatic carbocycles. The van der Waals surface area contributed by atoms with Crippen molar-refractivity contribution in [1.82, 2.24) is 9.97 Å². The van der Waals surface area contributed by atoms with Gasteiger partial charge in [0.15, 0.2) is 5.82 Å². The van der Waals surface area contributed by atoms with E-state index in [-0.39, 0.29) is 0 Å². The molecule has 0 amide bonds. The molecule has 0 saturated carbocycles. The first kappa shape index (κ1) is 15.5. The van der Waals surface area contributed by atoms with Gasteiger partial charge in [-0.05, 0) is 41.1 Å². The Balaban J connectivity index is 1.88. The van der Waals surface area contributed by atoms with Gasteiger partial charge < -0.3 is 5.73 Å². The fourth-order valence-corrected chi connectivity index (χ4v) is 3.47. The number of rotatable bonds is 2. The summed E-state index contributed by atoms with van der Waals surface area (Å²) in [6.45, 7) is 0. The standard InChI is InChI=1S/C24H17N3/c25-19-13-10-18(11-14-19)24-26-21-15-12-16-6-4-5-9-20(16)22(21)23(27-24)17-7-2-1-3-8-17/h1-15H,25H2. The van der Waals surface area contributed by atoms with Crippen molar-refractivity contribution in [2.45, 2.75) is 0 Å². The van der Waals surface area contributed by atoms with E-state index in [1.54, 1.807) is 0 Å². The van der Waals surface area contributed by atoms with E-state index >= 15 is 0 Å². The van der Waals surface area contributed by atoms with Gasteiger partial charge in [-0.25, -0.2) is 9.97 Å². The first-order chi connectivity index (χ1) is 13.3. The third-order valence-corrected chi connectivity index (χ3v) is 4.80. The molecule has 0 saturated heterocycles. The van der Waals surface area contributed by atoms with E-state index in [1.807, 2.05) is 42.5 Å². The van der Waals surface area contributed by atoms with Crippen molar-refractivity contribution in [3.63, 3.8) is 0 Å². The Bertz CT molecular complexity index is 1260. The van der Waals surface area contributed by atoms with Gasteiger partial charge in [0.05, 0.1) is 11.2 Å². The first-order valence-corrected chi connectivity index (χ1v) is 8.90. The van der Waals surface area contributed by atoms with Gasteiger partial charge in [-0.3, -0.25) is 0 Å². The van der Waals surface area contributed by atoms with Crippen LogP contribution < -0.4 is 5.73 Å². The predicted molar refractivity (Wildman–Crippen MR) is 112 cm³/mol. The second-order valence-corrected chi connectivity index (χ2v) is 6.56. The summed E-state index contributed by atoms with van der Waals surface area (Å²) in [6.07, 6.45) is 0. The van der Waals surface area contributed by atoms with Gasteiger partial charge in [0.1, 0.15) is 0 Å². The maximum atomic E-state index is 5.84. The lowest BCUT2D eigenvalue weighted by molar-refractivity contribution is 1.23. The maximum absolute atomic E-state index is 5.84. The molecule has 5 aromatic rings. The van der Waals surface area contributed by atoms with Crippen LogP contribution in [0, 0.1) is 0 Å². The number of aromatic nitrogens is 2. The molecule has 0 aliphatic carbocycles. The first-order valence-electron chi connectivity index (χ1n) is 8.90. The van der Waals surface area contributed by atoms with Gasteiger partial charge in [0.25, 0.3) is 0 Å². The van der Waals surface area contributed by atoms with Gasteiger partial charge >= 0.3 is 0 Å². The molecule has 128 valence electrons. The minimum atomic E-state index is 0.705. The summed E-state index contributed by atoms with van der Waals surface area (Å²) in [5, 5.41) is 3.43. The monoisotopic (exact) mass is 347 g/mol. The molecule has 2 N–H and O–H groups in total. The lowest BCUT2D eigenvalue weighted by Crippen LogP contribution is -1.96. The molecular formula is C24H17N3. The summed E-state index contributed by atoms with van der Waals surface area (Å²) in [7, 11) is 0. The smallest absolute Gasteiger partial charge is 0.160 e. The highest BCUT2D eigenvalue weighted by Crippen LogP contribution is 2.34. The van der Waals surface area contributed by atoms with E-state index in [4.69, 9.17) is 15.7 Å². The van der Waals surface area contributed by atoms with Gasteiger partial charge in [0.2, 0.25) is 0 Å². The molecule has 5 rings (SSSR count). The molecule has 1 aromatic heterocycles. The molecule has 0 spiro atoms. The van der Waals surface area contributed by atoms with E-state index < -0.39 is 0 Å². The Morgan fingerprint density at radius 3 is 2.15 bits per heavy atom. The lowest BCUT2D eigenvalue weighted by Gasteiger charge is -2.12. The van der Waals surface area contributed by atoms with Crippen LogP contribution >= 0.6 is 0 Å². The van der Waals surface area contributed by atoms with Crippen molar-refractivity contribution in [2.75, 3.05) is 5.73 Å². The van der Waals surface area contributed by atoms with Crippen LogP contribution in [0.3, 0.4) is 0 Å². The maximum Gasteiger partial charge on any atom is 0.160 e. The molecule has 3 heteroatoms. The Labute approximate surface area is 157 Å². The number of nitrogens with zero attached hydrogens (tertiary/aromatic N) is 2. The fourth-order valence-electron chi connectivity index (χ4n) is 3.47. The molecule has 0 fully saturated rings. The van der Waals surface area contributed by atoms with Crippen LogP contribution in [0.2, 0.25) is 0 Å². The van der Waals surface area contributed by atoms with E-state index in [0.717, 1.165) is 38.8 Å². The topological polar surface area (TPSA) is 51.8 Å². The number of nitrogens with two attached hydrogens (primary N) is 1. The second kappa shape index (κ2) is 6.22. The van der Waals surface area contributed by atoms with E-state index in [1.165, 1.54) is 5.39 Å². The summed E-state index contributed by atoms with van der Waals surface area (Å²) in [5.41, 5.74) is 10.5. The number of hydrogen-bond donors (Lipinski definition) is 1. The summed E-state index contributed by atoms with van der Waals surface area (Å²) in [6, 6.07) is 30.5. The average Bonchev–Trinajstić information content (AvgIpc) is 2.74. The van der Waals surface area contributed by atoms with Crippen molar-refractivity contribution in [3.05, 3.63) is 91.0 Å². The Hall–Kier alpha value is -3.72. The summed E-state index contributed by atoms with van der Waals surface area (Å²) in [4.78, 5) is 9.83. The normalized spacial score (nSPS) is 11.1. The molecule has 27 heavy (non-hydrogen) atoms. The minimum absolute atomic E-state index is 0.705. The van der Waals surface area contributed by atoms with Crippen LogP contribution in [0.4, 0.5) is 5.69 Å². The number of fused-ring (bicyclic) bond motifs is 3. The zero-order valence-corrected chi connectivity index (χ0v) is 14.6. The van der Waals surface area contributed by atoms with Crippen molar-refractivity contribution in [3.8, 4) is 22.6 Å². The van der Waals surface area contributed by atoms with Crippen molar-refractivity contribution < 1.29 is 0 Å². The van der Waals surface area contributed by atoms with Gasteiger partial charge in [-0.1, -0.05) is 60.7 Å². The van der Waals surface area contributed by atoms with Crippen LogP contribution in [-0.2, 0) is 0 Å². The van der Waals surface area contributed by atoms with Gasteiger partial charge in [-0.2, -0.15) is 0 Å². The van der Waals surface area contributed by atoms with Gasteiger partial charge in [-0.15, -0.1) is 0 Å². The molecule has 0 radical (unpaired) electrons. The third-order valence-electron chi connectivity index (χ3n) is 4.80. The molecular weight excluding hydrogens is 330 g/mol. The van der Waals surface area contributed by atoms with Crippen LogP contribution in [0.15, 0.2) is 91.0 Å². The minimum Gasteiger partial charge on any atom is -0.399 e. The Morgan fingerprint density at radius 2 is 1.33 bits per heavy atom. The lowest BCUT2D eigenvalue weighted by atomic mass is 10.00. The zero-order valence-electron chi connectivity index (χ0n) is 14.6. The highest BCUT2D eigenvalue weighted by atomic mass is 14.9. The molecule has 0 aliphatic rings. The molecule has 0 bridgehead atoms. The predicted octanol–water partition coefficient (Wildman–Crippen LogP) is 5.70. The number of benzene rings is 4.